The minimum atomic E-state index is 0.235. The average molecular weight is 258 g/mol. The molecule has 0 bridgehead atoms. The number of nitrogens with zero attached hydrogens (tertiary/aromatic N) is 2. The molecule has 0 amide bonds. The Kier molecular flexibility index (Phi) is 5.15. The van der Waals surface area contributed by atoms with Gasteiger partial charge in [0, 0.05) is 19.7 Å². The highest BCUT2D eigenvalue weighted by atomic mass is 35.5. The fraction of sp³-hybridized carbons (Fsp3) is 0.667. The quantitative estimate of drug-likeness (QED) is 0.796. The molecule has 0 atom stereocenters. The molecule has 0 radical (unpaired) electrons. The van der Waals surface area contributed by atoms with E-state index in [0.29, 0.717) is 17.6 Å². The normalized spacial score (nSPS) is 11.6. The van der Waals surface area contributed by atoms with Crippen molar-refractivity contribution < 1.29 is 4.74 Å². The number of anilines is 1. The molecule has 96 valence electrons. The van der Waals surface area contributed by atoms with Crippen molar-refractivity contribution in [2.75, 3.05) is 19.0 Å². The highest BCUT2D eigenvalue weighted by molar-refractivity contribution is 6.29. The molecule has 4 nitrogen and oxygen atoms in total. The van der Waals surface area contributed by atoms with Gasteiger partial charge in [-0.3, -0.25) is 0 Å². The van der Waals surface area contributed by atoms with E-state index in [1.807, 2.05) is 0 Å². The van der Waals surface area contributed by atoms with Gasteiger partial charge in [-0.2, -0.15) is 0 Å². The van der Waals surface area contributed by atoms with Crippen LogP contribution in [0.5, 0.6) is 0 Å². The zero-order valence-corrected chi connectivity index (χ0v) is 11.6. The molecule has 0 unspecified atom stereocenters. The topological polar surface area (TPSA) is 47.0 Å². The van der Waals surface area contributed by atoms with Crippen LogP contribution in [-0.2, 0) is 11.3 Å². The molecule has 0 aliphatic carbocycles. The van der Waals surface area contributed by atoms with Crippen LogP contribution in [0.15, 0.2) is 6.07 Å². The van der Waals surface area contributed by atoms with Crippen LogP contribution in [0.2, 0.25) is 5.15 Å². The Bertz CT molecular complexity index is 369. The number of rotatable bonds is 6. The first-order valence-corrected chi connectivity index (χ1v) is 6.11. The van der Waals surface area contributed by atoms with Gasteiger partial charge in [0.25, 0.3) is 0 Å². The zero-order chi connectivity index (χ0) is 12.9. The van der Waals surface area contributed by atoms with Crippen LogP contribution in [0.1, 0.15) is 33.0 Å². The maximum absolute atomic E-state index is 5.92. The summed E-state index contributed by atoms with van der Waals surface area (Å²) in [7, 11) is 1.61. The van der Waals surface area contributed by atoms with Crippen molar-refractivity contribution in [3.63, 3.8) is 0 Å². The summed E-state index contributed by atoms with van der Waals surface area (Å²) in [4.78, 5) is 8.41. The Balaban J connectivity index is 2.70. The van der Waals surface area contributed by atoms with Gasteiger partial charge in [-0.25, -0.2) is 9.97 Å². The second kappa shape index (κ2) is 6.17. The first kappa shape index (κ1) is 14.2. The molecule has 0 aliphatic rings. The van der Waals surface area contributed by atoms with Crippen molar-refractivity contribution in [3.8, 4) is 0 Å². The van der Waals surface area contributed by atoms with Crippen molar-refractivity contribution in [3.05, 3.63) is 17.0 Å². The summed E-state index contributed by atoms with van der Waals surface area (Å²) < 4.78 is 4.99. The second-order valence-corrected chi connectivity index (χ2v) is 5.18. The van der Waals surface area contributed by atoms with Crippen LogP contribution < -0.4 is 5.32 Å². The second-order valence-electron chi connectivity index (χ2n) is 4.80. The highest BCUT2D eigenvalue weighted by Gasteiger charge is 2.15. The van der Waals surface area contributed by atoms with Gasteiger partial charge < -0.3 is 10.1 Å². The molecular formula is C12H20ClN3O. The third-order valence-corrected chi connectivity index (χ3v) is 2.91. The maximum atomic E-state index is 5.92. The van der Waals surface area contributed by atoms with E-state index in [4.69, 9.17) is 16.3 Å². The van der Waals surface area contributed by atoms with Gasteiger partial charge in [0.2, 0.25) is 0 Å². The van der Waals surface area contributed by atoms with Gasteiger partial charge in [0.1, 0.15) is 17.6 Å². The Labute approximate surface area is 108 Å². The van der Waals surface area contributed by atoms with Gasteiger partial charge in [0.15, 0.2) is 5.82 Å². The van der Waals surface area contributed by atoms with E-state index in [1.165, 1.54) is 0 Å². The summed E-state index contributed by atoms with van der Waals surface area (Å²) in [6.45, 7) is 7.80. The van der Waals surface area contributed by atoms with Crippen molar-refractivity contribution in [1.29, 1.82) is 0 Å². The monoisotopic (exact) mass is 257 g/mol. The number of ether oxygens (including phenoxy) is 1. The fourth-order valence-electron chi connectivity index (χ4n) is 1.20. The van der Waals surface area contributed by atoms with Gasteiger partial charge in [0.05, 0.1) is 0 Å². The molecule has 1 aromatic rings. The van der Waals surface area contributed by atoms with E-state index >= 15 is 0 Å². The molecule has 1 aromatic heterocycles. The van der Waals surface area contributed by atoms with Gasteiger partial charge in [-0.05, 0) is 11.8 Å². The largest absolute Gasteiger partial charge is 0.377 e. The summed E-state index contributed by atoms with van der Waals surface area (Å²) in [5.74, 6) is 1.34. The molecule has 0 fully saturated rings. The van der Waals surface area contributed by atoms with Gasteiger partial charge >= 0.3 is 0 Å². The van der Waals surface area contributed by atoms with Crippen LogP contribution in [0.25, 0.3) is 0 Å². The molecule has 0 aromatic carbocycles. The molecule has 0 saturated heterocycles. The lowest BCUT2D eigenvalue weighted by atomic mass is 9.90. The molecule has 5 heteroatoms. The molecule has 0 saturated carbocycles. The van der Waals surface area contributed by atoms with Crippen molar-refractivity contribution in [2.24, 2.45) is 5.41 Å². The molecule has 0 spiro atoms. The Morgan fingerprint density at radius 2 is 2.12 bits per heavy atom. The molecule has 1 N–H and O–H groups in total. The van der Waals surface area contributed by atoms with E-state index in [9.17, 15) is 0 Å². The lowest BCUT2D eigenvalue weighted by Gasteiger charge is -2.23. The Morgan fingerprint density at radius 1 is 1.41 bits per heavy atom. The predicted molar refractivity (Wildman–Crippen MR) is 70.3 cm³/mol. The smallest absolute Gasteiger partial charge is 0.158 e. The molecule has 1 rings (SSSR count). The van der Waals surface area contributed by atoms with Crippen molar-refractivity contribution in [2.45, 2.75) is 33.8 Å². The highest BCUT2D eigenvalue weighted by Crippen LogP contribution is 2.20. The summed E-state index contributed by atoms with van der Waals surface area (Å²) >= 11 is 5.92. The van der Waals surface area contributed by atoms with Gasteiger partial charge in [-0.1, -0.05) is 32.4 Å². The summed E-state index contributed by atoms with van der Waals surface area (Å²) in [6.07, 6.45) is 1.10. The number of nitrogens with one attached hydrogen (secondary N) is 1. The number of halogens is 1. The van der Waals surface area contributed by atoms with Crippen LogP contribution in [0.3, 0.4) is 0 Å². The van der Waals surface area contributed by atoms with Crippen molar-refractivity contribution in [1.82, 2.24) is 9.97 Å². The average Bonchev–Trinajstić information content (AvgIpc) is 2.26. The number of hydrogen-bond acceptors (Lipinski definition) is 4. The maximum Gasteiger partial charge on any atom is 0.158 e. The number of methoxy groups -OCH3 is 1. The fourth-order valence-corrected chi connectivity index (χ4v) is 1.40. The van der Waals surface area contributed by atoms with Gasteiger partial charge in [-0.15, -0.1) is 0 Å². The van der Waals surface area contributed by atoms with Crippen molar-refractivity contribution >= 4 is 17.4 Å². The summed E-state index contributed by atoms with van der Waals surface area (Å²) in [5.41, 5.74) is 0.235. The molecular weight excluding hydrogens is 238 g/mol. The third-order valence-electron chi connectivity index (χ3n) is 2.72. The minimum Gasteiger partial charge on any atom is -0.377 e. The van der Waals surface area contributed by atoms with Crippen LogP contribution in [0, 0.1) is 5.41 Å². The third kappa shape index (κ3) is 4.88. The standard InChI is InChI=1S/C12H20ClN3O/c1-5-12(2,3)8-14-10-6-9(13)15-11(16-10)7-17-4/h6H,5,7-8H2,1-4H3,(H,14,15,16). The zero-order valence-electron chi connectivity index (χ0n) is 10.9. The van der Waals surface area contributed by atoms with E-state index in [1.54, 1.807) is 13.2 Å². The minimum absolute atomic E-state index is 0.235. The summed E-state index contributed by atoms with van der Waals surface area (Å²) in [5, 5.41) is 3.72. The Hall–Kier alpha value is -0.870. The SMILES string of the molecule is CCC(C)(C)CNc1cc(Cl)nc(COC)n1. The molecule has 1 heterocycles. The van der Waals surface area contributed by atoms with Crippen LogP contribution >= 0.6 is 11.6 Å². The number of hydrogen-bond donors (Lipinski definition) is 1. The first-order chi connectivity index (χ1) is 7.96. The van der Waals surface area contributed by atoms with E-state index in [-0.39, 0.29) is 5.41 Å². The molecule has 17 heavy (non-hydrogen) atoms. The Morgan fingerprint density at radius 3 is 2.71 bits per heavy atom. The number of aromatic nitrogens is 2. The van der Waals surface area contributed by atoms with E-state index < -0.39 is 0 Å². The van der Waals surface area contributed by atoms with Crippen LogP contribution in [0.4, 0.5) is 5.82 Å². The first-order valence-electron chi connectivity index (χ1n) is 5.73. The predicted octanol–water partition coefficient (Wildman–Crippen LogP) is 3.12. The van der Waals surface area contributed by atoms with Crippen LogP contribution in [-0.4, -0.2) is 23.6 Å². The van der Waals surface area contributed by atoms with E-state index in [2.05, 4.69) is 36.1 Å². The lowest BCUT2D eigenvalue weighted by Crippen LogP contribution is -2.22. The summed E-state index contributed by atoms with van der Waals surface area (Å²) in [6, 6.07) is 1.73. The van der Waals surface area contributed by atoms with E-state index in [0.717, 1.165) is 18.8 Å². The molecule has 0 aliphatic heterocycles. The lowest BCUT2D eigenvalue weighted by molar-refractivity contribution is 0.178.